The lowest BCUT2D eigenvalue weighted by Gasteiger charge is -2.35. The van der Waals surface area contributed by atoms with Gasteiger partial charge in [-0.25, -0.2) is 0 Å². The molecular formula is C17H28F6O3. The second kappa shape index (κ2) is 8.35. The van der Waals surface area contributed by atoms with E-state index in [0.29, 0.717) is 6.42 Å². The summed E-state index contributed by atoms with van der Waals surface area (Å²) in [4.78, 5) is 12.1. The maximum atomic E-state index is 12.9. The number of halogens is 6. The van der Waals surface area contributed by atoms with Gasteiger partial charge in [-0.3, -0.25) is 4.79 Å². The minimum atomic E-state index is -5.94. The van der Waals surface area contributed by atoms with Crippen LogP contribution in [0.1, 0.15) is 60.8 Å². The van der Waals surface area contributed by atoms with Crippen molar-refractivity contribution in [1.29, 1.82) is 0 Å². The Hall–Kier alpha value is -0.990. The Bertz CT molecular complexity index is 449. The van der Waals surface area contributed by atoms with Gasteiger partial charge in [0, 0.05) is 6.42 Å². The molecule has 0 aromatic carbocycles. The number of hydrogen-bond donors (Lipinski definition) is 1. The van der Waals surface area contributed by atoms with E-state index in [2.05, 4.69) is 0 Å². The minimum Gasteiger partial charge on any atom is -0.462 e. The molecule has 0 saturated carbocycles. The van der Waals surface area contributed by atoms with Crippen LogP contribution in [0.5, 0.6) is 0 Å². The zero-order valence-corrected chi connectivity index (χ0v) is 15.9. The summed E-state index contributed by atoms with van der Waals surface area (Å²) in [6, 6.07) is 0. The van der Waals surface area contributed by atoms with E-state index in [0.717, 1.165) is 0 Å². The molecule has 2 atom stereocenters. The van der Waals surface area contributed by atoms with E-state index in [-0.39, 0.29) is 17.8 Å². The Kier molecular flexibility index (Phi) is 8.04. The predicted molar refractivity (Wildman–Crippen MR) is 84.2 cm³/mol. The lowest BCUT2D eigenvalue weighted by atomic mass is 9.85. The van der Waals surface area contributed by atoms with Crippen molar-refractivity contribution < 1.29 is 41.0 Å². The van der Waals surface area contributed by atoms with Crippen molar-refractivity contribution in [2.75, 3.05) is 0 Å². The Morgan fingerprint density at radius 3 is 1.65 bits per heavy atom. The molecule has 0 aromatic rings. The van der Waals surface area contributed by atoms with E-state index in [1.54, 1.807) is 13.8 Å². The van der Waals surface area contributed by atoms with Gasteiger partial charge in [-0.1, -0.05) is 41.5 Å². The molecule has 0 aromatic heterocycles. The standard InChI is InChI=1S/C17H28F6O3/c1-10(2)7-12(26-13(24)11(3)8-14(4,5)6)9-15(25,16(18,19)20)17(21,22)23/h10-12,25H,7-9H2,1-6H3. The predicted octanol–water partition coefficient (Wildman–Crippen LogP) is 5.26. The molecule has 0 saturated heterocycles. The van der Waals surface area contributed by atoms with E-state index in [1.807, 2.05) is 20.8 Å². The lowest BCUT2D eigenvalue weighted by Crippen LogP contribution is -2.58. The van der Waals surface area contributed by atoms with Gasteiger partial charge >= 0.3 is 18.3 Å². The topological polar surface area (TPSA) is 46.5 Å². The quantitative estimate of drug-likeness (QED) is 0.473. The number of rotatable bonds is 7. The molecule has 0 aliphatic heterocycles. The number of ether oxygens (including phenoxy) is 1. The van der Waals surface area contributed by atoms with Crippen molar-refractivity contribution in [2.24, 2.45) is 17.3 Å². The van der Waals surface area contributed by atoms with Crippen molar-refractivity contribution >= 4 is 5.97 Å². The summed E-state index contributed by atoms with van der Waals surface area (Å²) in [6.45, 7) is 10.2. The van der Waals surface area contributed by atoms with Gasteiger partial charge in [-0.15, -0.1) is 0 Å². The van der Waals surface area contributed by atoms with Crippen LogP contribution in [0.25, 0.3) is 0 Å². The number of hydrogen-bond acceptors (Lipinski definition) is 3. The first kappa shape index (κ1) is 25.0. The fourth-order valence-corrected chi connectivity index (χ4v) is 2.70. The number of esters is 1. The van der Waals surface area contributed by atoms with Crippen LogP contribution in [0.4, 0.5) is 26.3 Å². The second-order valence-corrected chi connectivity index (χ2v) is 8.41. The summed E-state index contributed by atoms with van der Waals surface area (Å²) in [5.74, 6) is -1.91. The molecular weight excluding hydrogens is 366 g/mol. The van der Waals surface area contributed by atoms with Crippen molar-refractivity contribution in [3.63, 3.8) is 0 Å². The van der Waals surface area contributed by atoms with Gasteiger partial charge < -0.3 is 9.84 Å². The molecule has 156 valence electrons. The van der Waals surface area contributed by atoms with Gasteiger partial charge in [-0.2, -0.15) is 26.3 Å². The number of alkyl halides is 6. The molecule has 0 spiro atoms. The first-order chi connectivity index (χ1) is 11.3. The third-order valence-electron chi connectivity index (χ3n) is 3.80. The van der Waals surface area contributed by atoms with Gasteiger partial charge in [0.1, 0.15) is 6.10 Å². The maximum Gasteiger partial charge on any atom is 0.426 e. The average molecular weight is 394 g/mol. The van der Waals surface area contributed by atoms with Crippen LogP contribution in [0.3, 0.4) is 0 Å². The van der Waals surface area contributed by atoms with Crippen LogP contribution in [-0.4, -0.2) is 35.1 Å². The Labute approximate surface area is 150 Å². The maximum absolute atomic E-state index is 12.9. The second-order valence-electron chi connectivity index (χ2n) is 8.41. The summed E-state index contributed by atoms with van der Waals surface area (Å²) in [6.07, 6.45) is -15.3. The van der Waals surface area contributed by atoms with Gasteiger partial charge in [-0.05, 0) is 24.2 Å². The molecule has 3 nitrogen and oxygen atoms in total. The largest absolute Gasteiger partial charge is 0.462 e. The third-order valence-corrected chi connectivity index (χ3v) is 3.80. The van der Waals surface area contributed by atoms with Crippen LogP contribution < -0.4 is 0 Å². The Morgan fingerprint density at radius 1 is 0.923 bits per heavy atom. The van der Waals surface area contributed by atoms with E-state index in [1.165, 1.54) is 6.92 Å². The fraction of sp³-hybridized carbons (Fsp3) is 0.941. The highest BCUT2D eigenvalue weighted by atomic mass is 19.4. The molecule has 9 heteroatoms. The molecule has 0 aliphatic carbocycles. The van der Waals surface area contributed by atoms with Crippen LogP contribution in [0, 0.1) is 17.3 Å². The molecule has 0 amide bonds. The number of aliphatic hydroxyl groups is 1. The van der Waals surface area contributed by atoms with Gasteiger partial charge in [0.25, 0.3) is 5.60 Å². The van der Waals surface area contributed by atoms with Gasteiger partial charge in [0.05, 0.1) is 5.92 Å². The first-order valence-electron chi connectivity index (χ1n) is 8.36. The Morgan fingerprint density at radius 2 is 1.35 bits per heavy atom. The smallest absolute Gasteiger partial charge is 0.426 e. The summed E-state index contributed by atoms with van der Waals surface area (Å²) >= 11 is 0. The van der Waals surface area contributed by atoms with E-state index in [9.17, 15) is 36.2 Å². The molecule has 0 radical (unpaired) electrons. The molecule has 0 rings (SSSR count). The zero-order chi connectivity index (χ0) is 21.1. The first-order valence-corrected chi connectivity index (χ1v) is 8.36. The number of carbonyl (C=O) groups excluding carboxylic acids is 1. The van der Waals surface area contributed by atoms with Crippen LogP contribution >= 0.6 is 0 Å². The molecule has 1 N–H and O–H groups in total. The highest BCUT2D eigenvalue weighted by Crippen LogP contribution is 2.46. The zero-order valence-electron chi connectivity index (χ0n) is 15.9. The molecule has 0 heterocycles. The fourth-order valence-electron chi connectivity index (χ4n) is 2.70. The van der Waals surface area contributed by atoms with E-state index >= 15 is 0 Å². The SMILES string of the molecule is CC(C)CC(CC(O)(C(F)(F)F)C(F)(F)F)OC(=O)C(C)CC(C)(C)C. The summed E-state index contributed by atoms with van der Waals surface area (Å²) in [7, 11) is 0. The van der Waals surface area contributed by atoms with Crippen molar-refractivity contribution in [3.8, 4) is 0 Å². The van der Waals surface area contributed by atoms with Crippen LogP contribution in [0.15, 0.2) is 0 Å². The minimum absolute atomic E-state index is 0.234. The van der Waals surface area contributed by atoms with Gasteiger partial charge in [0.2, 0.25) is 0 Å². The number of carbonyl (C=O) groups is 1. The van der Waals surface area contributed by atoms with Gasteiger partial charge in [0.15, 0.2) is 0 Å². The third kappa shape index (κ3) is 7.32. The molecule has 0 fully saturated rings. The summed E-state index contributed by atoms with van der Waals surface area (Å²) < 4.78 is 82.4. The highest BCUT2D eigenvalue weighted by Gasteiger charge is 2.70. The lowest BCUT2D eigenvalue weighted by molar-refractivity contribution is -0.374. The highest BCUT2D eigenvalue weighted by molar-refractivity contribution is 5.72. The van der Waals surface area contributed by atoms with Crippen molar-refractivity contribution in [1.82, 2.24) is 0 Å². The molecule has 2 unspecified atom stereocenters. The molecule has 26 heavy (non-hydrogen) atoms. The van der Waals surface area contributed by atoms with E-state index in [4.69, 9.17) is 4.74 Å². The van der Waals surface area contributed by atoms with E-state index < -0.39 is 42.4 Å². The summed E-state index contributed by atoms with van der Waals surface area (Å²) in [5.41, 5.74) is -5.21. The molecule has 0 bridgehead atoms. The van der Waals surface area contributed by atoms with Crippen molar-refractivity contribution in [3.05, 3.63) is 0 Å². The van der Waals surface area contributed by atoms with Crippen LogP contribution in [0.2, 0.25) is 0 Å². The monoisotopic (exact) mass is 394 g/mol. The normalized spacial score (nSPS) is 16.5. The summed E-state index contributed by atoms with van der Waals surface area (Å²) in [5, 5.41) is 9.36. The Balaban J connectivity index is 5.47. The van der Waals surface area contributed by atoms with Crippen molar-refractivity contribution in [2.45, 2.75) is 84.9 Å². The van der Waals surface area contributed by atoms with Crippen LogP contribution in [-0.2, 0) is 9.53 Å². The average Bonchev–Trinajstić information content (AvgIpc) is 2.32. The molecule has 0 aliphatic rings.